The Labute approximate surface area is 198 Å². The molecule has 0 fully saturated rings. The number of benzene rings is 2. The minimum Gasteiger partial charge on any atom is -0.273 e. The van der Waals surface area contributed by atoms with E-state index in [1.165, 1.54) is 15.9 Å². The first-order valence-corrected chi connectivity index (χ1v) is 9.40. The standard InChI is InChI=1S/C12H11Si.C6H7.C5H5.2ClH.Hf/c1-3-7-11(8-4-1)13-12-9-5-2-6-10-12;1-6-4-2-3-5-6;1-2-4-5-3-1;;;/h1-10,13H;2,4H,3H2,1H3;1-3H,4H2;2*1H;/q;2*-1;;;. The molecule has 0 atom stereocenters. The normalized spacial score (nSPS) is 12.1. The Morgan fingerprint density at radius 3 is 1.59 bits per heavy atom. The van der Waals surface area contributed by atoms with Gasteiger partial charge in [0.2, 0.25) is 0 Å². The van der Waals surface area contributed by atoms with E-state index in [4.69, 9.17) is 0 Å². The number of allylic oxidation sites excluding steroid dienone is 8. The minimum atomic E-state index is 0. The van der Waals surface area contributed by atoms with E-state index < -0.39 is 0 Å². The van der Waals surface area contributed by atoms with Gasteiger partial charge in [0, 0.05) is 25.8 Å². The van der Waals surface area contributed by atoms with Crippen molar-refractivity contribution < 1.29 is 25.8 Å². The van der Waals surface area contributed by atoms with Crippen LogP contribution in [-0.4, -0.2) is 9.52 Å². The molecule has 0 saturated carbocycles. The van der Waals surface area contributed by atoms with Gasteiger partial charge in [0.25, 0.3) is 0 Å². The molecule has 2 aliphatic carbocycles. The number of rotatable bonds is 2. The Bertz CT molecular complexity index is 657. The molecule has 0 aromatic heterocycles. The molecule has 0 saturated heterocycles. The van der Waals surface area contributed by atoms with Crippen LogP contribution in [0.4, 0.5) is 0 Å². The molecule has 0 nitrogen and oxygen atoms in total. The van der Waals surface area contributed by atoms with E-state index in [1.54, 1.807) is 0 Å². The zero-order chi connectivity index (χ0) is 16.9. The van der Waals surface area contributed by atoms with Gasteiger partial charge >= 0.3 is 0 Å². The molecule has 2 aromatic rings. The SMILES string of the molecule is CC1=[C-]CC=C1.Cl.Cl.[C-]1=CC=CC1.[Hf].c1ccc([SiH]c2ccccc2)cc1. The Kier molecular flexibility index (Phi) is 19.3. The average molecular weight is 579 g/mol. The van der Waals surface area contributed by atoms with Crippen LogP contribution in [-0.2, 0) is 25.8 Å². The van der Waals surface area contributed by atoms with Crippen LogP contribution in [0.15, 0.2) is 96.6 Å². The number of halogens is 2. The zero-order valence-electron chi connectivity index (χ0n) is 15.5. The van der Waals surface area contributed by atoms with Crippen molar-refractivity contribution in [2.24, 2.45) is 0 Å². The van der Waals surface area contributed by atoms with Crippen molar-refractivity contribution in [3.63, 3.8) is 0 Å². The van der Waals surface area contributed by atoms with Crippen LogP contribution in [0.2, 0.25) is 0 Å². The van der Waals surface area contributed by atoms with E-state index in [-0.39, 0.29) is 60.2 Å². The smallest absolute Gasteiger partial charge is 0.103 e. The maximum atomic E-state index is 3.12. The van der Waals surface area contributed by atoms with Crippen LogP contribution in [0, 0.1) is 12.2 Å². The zero-order valence-corrected chi connectivity index (χ0v) is 21.8. The van der Waals surface area contributed by atoms with Gasteiger partial charge in [-0.1, -0.05) is 78.0 Å². The van der Waals surface area contributed by atoms with Crippen molar-refractivity contribution in [1.82, 2.24) is 0 Å². The maximum absolute atomic E-state index is 3.12. The van der Waals surface area contributed by atoms with E-state index in [9.17, 15) is 0 Å². The third-order valence-corrected chi connectivity index (χ3v) is 4.82. The molecule has 0 amide bonds. The molecule has 27 heavy (non-hydrogen) atoms. The van der Waals surface area contributed by atoms with E-state index in [0.717, 1.165) is 12.8 Å². The Hall–Kier alpha value is -0.933. The number of hydrogen-bond acceptors (Lipinski definition) is 0. The summed E-state index contributed by atoms with van der Waals surface area (Å²) in [5.41, 5.74) is 1.27. The monoisotopic (exact) mass is 579 g/mol. The fourth-order valence-electron chi connectivity index (χ4n) is 2.15. The van der Waals surface area contributed by atoms with Gasteiger partial charge in [-0.15, -0.1) is 37.7 Å². The Morgan fingerprint density at radius 2 is 1.33 bits per heavy atom. The largest absolute Gasteiger partial charge is 0.273 e. The summed E-state index contributed by atoms with van der Waals surface area (Å²) in [5, 5.41) is 2.90. The summed E-state index contributed by atoms with van der Waals surface area (Å²) in [6.45, 7) is 2.06. The van der Waals surface area contributed by atoms with Crippen LogP contribution >= 0.6 is 24.8 Å². The second-order valence-corrected chi connectivity index (χ2v) is 7.06. The summed E-state index contributed by atoms with van der Waals surface area (Å²) in [5.74, 6) is 0. The summed E-state index contributed by atoms with van der Waals surface area (Å²) in [6.07, 6.45) is 18.3. The molecule has 1 radical (unpaired) electrons. The molecule has 0 heterocycles. The van der Waals surface area contributed by atoms with Crippen LogP contribution < -0.4 is 10.4 Å². The molecule has 2 aliphatic rings. The Balaban J connectivity index is 0. The van der Waals surface area contributed by atoms with Crippen molar-refractivity contribution in [2.45, 2.75) is 19.8 Å². The second kappa shape index (κ2) is 18.4. The van der Waals surface area contributed by atoms with Crippen LogP contribution in [0.5, 0.6) is 0 Å². The molecular weight excluding hydrogens is 554 g/mol. The molecule has 0 spiro atoms. The van der Waals surface area contributed by atoms with Crippen molar-refractivity contribution in [3.8, 4) is 0 Å². The second-order valence-electron chi connectivity index (χ2n) is 5.44. The molecule has 0 bridgehead atoms. The topological polar surface area (TPSA) is 0 Å². The van der Waals surface area contributed by atoms with Crippen molar-refractivity contribution in [2.75, 3.05) is 0 Å². The molecule has 4 rings (SSSR count). The average Bonchev–Trinajstić information content (AvgIpc) is 3.34. The molecule has 2 aromatic carbocycles. The van der Waals surface area contributed by atoms with Gasteiger partial charge < -0.3 is 0 Å². The van der Waals surface area contributed by atoms with Gasteiger partial charge in [0.1, 0.15) is 9.52 Å². The van der Waals surface area contributed by atoms with E-state index in [1.807, 2.05) is 12.2 Å². The van der Waals surface area contributed by atoms with E-state index >= 15 is 0 Å². The van der Waals surface area contributed by atoms with Crippen molar-refractivity contribution in [3.05, 3.63) is 109 Å². The quantitative estimate of drug-likeness (QED) is 0.351. The number of hydrogen-bond donors (Lipinski definition) is 0. The van der Waals surface area contributed by atoms with Gasteiger partial charge in [0.15, 0.2) is 0 Å². The Morgan fingerprint density at radius 1 is 0.778 bits per heavy atom. The third kappa shape index (κ3) is 13.8. The van der Waals surface area contributed by atoms with Gasteiger partial charge in [-0.25, -0.2) is 23.8 Å². The van der Waals surface area contributed by atoms with Crippen molar-refractivity contribution in [1.29, 1.82) is 0 Å². The summed E-state index contributed by atoms with van der Waals surface area (Å²) in [6, 6.07) is 21.3. The minimum absolute atomic E-state index is 0. The van der Waals surface area contributed by atoms with Crippen molar-refractivity contribution >= 4 is 44.7 Å². The fourth-order valence-corrected chi connectivity index (χ4v) is 3.36. The summed E-state index contributed by atoms with van der Waals surface area (Å²) < 4.78 is 0. The third-order valence-electron chi connectivity index (χ3n) is 3.38. The van der Waals surface area contributed by atoms with Gasteiger partial charge in [-0.3, -0.25) is 12.2 Å². The molecule has 0 aliphatic heterocycles. The van der Waals surface area contributed by atoms with E-state index in [2.05, 4.69) is 98.0 Å². The predicted octanol–water partition coefficient (Wildman–Crippen LogP) is 4.92. The van der Waals surface area contributed by atoms with Crippen LogP contribution in [0.1, 0.15) is 19.8 Å². The van der Waals surface area contributed by atoms with Crippen LogP contribution in [0.3, 0.4) is 0 Å². The van der Waals surface area contributed by atoms with Gasteiger partial charge in [0.05, 0.1) is 0 Å². The van der Waals surface area contributed by atoms with Gasteiger partial charge in [-0.2, -0.15) is 12.2 Å². The molecule has 141 valence electrons. The summed E-state index contributed by atoms with van der Waals surface area (Å²) >= 11 is 0. The summed E-state index contributed by atoms with van der Waals surface area (Å²) in [4.78, 5) is 0. The van der Waals surface area contributed by atoms with E-state index in [0.29, 0.717) is 0 Å². The fraction of sp³-hybridized carbons (Fsp3) is 0.130. The first-order chi connectivity index (χ1) is 11.8. The predicted molar refractivity (Wildman–Crippen MR) is 122 cm³/mol. The van der Waals surface area contributed by atoms with Crippen LogP contribution in [0.25, 0.3) is 0 Å². The molecule has 4 heteroatoms. The first kappa shape index (κ1) is 28.3. The maximum Gasteiger partial charge on any atom is 0.103 e. The summed E-state index contributed by atoms with van der Waals surface area (Å²) in [7, 11) is 0.271. The molecule has 0 N–H and O–H groups in total. The van der Waals surface area contributed by atoms with Gasteiger partial charge in [-0.05, 0) is 0 Å². The molecule has 0 unspecified atom stereocenters. The first-order valence-electron chi connectivity index (χ1n) is 8.25. The molecular formula is C23H25Cl2HfSi-2.